The van der Waals surface area contributed by atoms with Crippen LogP contribution in [0.2, 0.25) is 0 Å². The van der Waals surface area contributed by atoms with Gasteiger partial charge < -0.3 is 5.32 Å². The third-order valence-electron chi connectivity index (χ3n) is 3.16. The van der Waals surface area contributed by atoms with Crippen molar-refractivity contribution in [1.29, 1.82) is 0 Å². The molecule has 8 heteroatoms. The predicted octanol–water partition coefficient (Wildman–Crippen LogP) is 2.68. The highest BCUT2D eigenvalue weighted by Crippen LogP contribution is 2.28. The van der Waals surface area contributed by atoms with Gasteiger partial charge in [0, 0.05) is 24.3 Å². The van der Waals surface area contributed by atoms with Crippen LogP contribution in [0, 0.1) is 5.82 Å². The lowest BCUT2D eigenvalue weighted by molar-refractivity contribution is -0.141. The van der Waals surface area contributed by atoms with Gasteiger partial charge in [-0.1, -0.05) is 0 Å². The molecule has 0 spiro atoms. The van der Waals surface area contributed by atoms with E-state index >= 15 is 0 Å². The van der Waals surface area contributed by atoms with E-state index in [1.54, 1.807) is 0 Å². The van der Waals surface area contributed by atoms with E-state index in [-0.39, 0.29) is 5.82 Å². The summed E-state index contributed by atoms with van der Waals surface area (Å²) in [5.41, 5.74) is -0.534. The number of pyridine rings is 1. The van der Waals surface area contributed by atoms with E-state index in [2.05, 4.69) is 15.4 Å². The second-order valence-corrected chi connectivity index (χ2v) is 4.93. The van der Waals surface area contributed by atoms with Gasteiger partial charge in [0.1, 0.15) is 5.82 Å². The van der Waals surface area contributed by atoms with Crippen molar-refractivity contribution < 1.29 is 17.6 Å². The SMILES string of the molecule is Fc1cnc(-n2ccc(C(F)(F)F)n2)c(CNC2CC2)c1. The molecule has 1 saturated carbocycles. The summed E-state index contributed by atoms with van der Waals surface area (Å²) in [6.45, 7) is 0.339. The molecule has 2 aromatic heterocycles. The smallest absolute Gasteiger partial charge is 0.310 e. The van der Waals surface area contributed by atoms with Gasteiger partial charge in [0.05, 0.1) is 6.20 Å². The Kier molecular flexibility index (Phi) is 3.40. The third-order valence-corrected chi connectivity index (χ3v) is 3.16. The maximum absolute atomic E-state index is 13.3. The highest BCUT2D eigenvalue weighted by atomic mass is 19.4. The van der Waals surface area contributed by atoms with E-state index in [1.165, 1.54) is 12.3 Å². The van der Waals surface area contributed by atoms with Crippen LogP contribution >= 0.6 is 0 Å². The summed E-state index contributed by atoms with van der Waals surface area (Å²) >= 11 is 0. The molecule has 1 aliphatic rings. The molecule has 0 unspecified atom stereocenters. The molecule has 1 N–H and O–H groups in total. The quantitative estimate of drug-likeness (QED) is 0.883. The zero-order valence-corrected chi connectivity index (χ0v) is 10.9. The number of aromatic nitrogens is 3. The molecule has 0 radical (unpaired) electrons. The second kappa shape index (κ2) is 5.10. The van der Waals surface area contributed by atoms with Crippen LogP contribution in [0.4, 0.5) is 17.6 Å². The molecule has 1 aliphatic carbocycles. The lowest BCUT2D eigenvalue weighted by atomic mass is 10.2. The Balaban J connectivity index is 1.90. The van der Waals surface area contributed by atoms with Gasteiger partial charge in [-0.25, -0.2) is 14.1 Å². The van der Waals surface area contributed by atoms with Gasteiger partial charge in [-0.05, 0) is 25.0 Å². The maximum Gasteiger partial charge on any atom is 0.435 e. The van der Waals surface area contributed by atoms with Crippen molar-refractivity contribution in [1.82, 2.24) is 20.1 Å². The summed E-state index contributed by atoms with van der Waals surface area (Å²) in [7, 11) is 0. The van der Waals surface area contributed by atoms with Crippen molar-refractivity contribution in [2.45, 2.75) is 31.6 Å². The van der Waals surface area contributed by atoms with Crippen LogP contribution in [-0.4, -0.2) is 20.8 Å². The lowest BCUT2D eigenvalue weighted by Gasteiger charge is -2.09. The Morgan fingerprint density at radius 1 is 1.33 bits per heavy atom. The molecule has 0 aromatic carbocycles. The molecule has 4 nitrogen and oxygen atoms in total. The van der Waals surface area contributed by atoms with Crippen molar-refractivity contribution in [2.24, 2.45) is 0 Å². The fourth-order valence-corrected chi connectivity index (χ4v) is 1.95. The average Bonchev–Trinajstić information content (AvgIpc) is 3.10. The molecule has 0 saturated heterocycles. The van der Waals surface area contributed by atoms with E-state index in [1.807, 2.05) is 0 Å². The van der Waals surface area contributed by atoms with Crippen LogP contribution in [0.15, 0.2) is 24.5 Å². The number of hydrogen-bond donors (Lipinski definition) is 1. The summed E-state index contributed by atoms with van der Waals surface area (Å²) < 4.78 is 52.0. The van der Waals surface area contributed by atoms with Crippen molar-refractivity contribution in [3.05, 3.63) is 41.6 Å². The average molecular weight is 300 g/mol. The van der Waals surface area contributed by atoms with Gasteiger partial charge in [0.25, 0.3) is 0 Å². The van der Waals surface area contributed by atoms with Gasteiger partial charge in [0.2, 0.25) is 0 Å². The second-order valence-electron chi connectivity index (χ2n) is 4.93. The zero-order valence-electron chi connectivity index (χ0n) is 10.9. The third kappa shape index (κ3) is 3.21. The fourth-order valence-electron chi connectivity index (χ4n) is 1.95. The van der Waals surface area contributed by atoms with Gasteiger partial charge in [-0.3, -0.25) is 0 Å². The predicted molar refractivity (Wildman–Crippen MR) is 66.2 cm³/mol. The van der Waals surface area contributed by atoms with Crippen molar-refractivity contribution in [2.75, 3.05) is 0 Å². The minimum atomic E-state index is -4.52. The largest absolute Gasteiger partial charge is 0.435 e. The summed E-state index contributed by atoms with van der Waals surface area (Å²) in [5.74, 6) is -0.338. The van der Waals surface area contributed by atoms with Crippen molar-refractivity contribution in [3.8, 4) is 5.82 Å². The van der Waals surface area contributed by atoms with Crippen LogP contribution < -0.4 is 5.32 Å². The summed E-state index contributed by atoms with van der Waals surface area (Å²) in [4.78, 5) is 3.86. The molecule has 0 aliphatic heterocycles. The first kappa shape index (κ1) is 14.0. The lowest BCUT2D eigenvalue weighted by Crippen LogP contribution is -2.18. The molecule has 0 bridgehead atoms. The highest BCUT2D eigenvalue weighted by molar-refractivity contribution is 5.33. The van der Waals surface area contributed by atoms with Gasteiger partial charge in [0.15, 0.2) is 11.5 Å². The summed E-state index contributed by atoms with van der Waals surface area (Å²) in [5, 5.41) is 6.64. The van der Waals surface area contributed by atoms with E-state index in [0.717, 1.165) is 29.8 Å². The normalized spacial score (nSPS) is 15.4. The standard InChI is InChI=1S/C13H12F4N4/c14-9-5-8(6-18-10-1-2-10)12(19-7-9)21-4-3-11(20-21)13(15,16)17/h3-5,7,10,18H,1-2,6H2. The van der Waals surface area contributed by atoms with E-state index < -0.39 is 17.7 Å². The molecule has 0 amide bonds. The maximum atomic E-state index is 13.3. The first-order chi connectivity index (χ1) is 9.93. The Morgan fingerprint density at radius 3 is 2.71 bits per heavy atom. The van der Waals surface area contributed by atoms with E-state index in [0.29, 0.717) is 18.2 Å². The molecular weight excluding hydrogens is 288 g/mol. The highest BCUT2D eigenvalue weighted by Gasteiger charge is 2.34. The monoisotopic (exact) mass is 300 g/mol. The Bertz CT molecular complexity index is 646. The number of alkyl halides is 3. The van der Waals surface area contributed by atoms with E-state index in [9.17, 15) is 17.6 Å². The molecule has 112 valence electrons. The molecule has 2 heterocycles. The van der Waals surface area contributed by atoms with Crippen molar-refractivity contribution >= 4 is 0 Å². The number of nitrogens with one attached hydrogen (secondary N) is 1. The molecule has 0 atom stereocenters. The topological polar surface area (TPSA) is 42.7 Å². The molecular formula is C13H12F4N4. The number of halogens is 4. The Hall–Kier alpha value is -1.96. The first-order valence-corrected chi connectivity index (χ1v) is 6.44. The van der Waals surface area contributed by atoms with Crippen LogP contribution in [0.1, 0.15) is 24.1 Å². The number of rotatable bonds is 4. The van der Waals surface area contributed by atoms with E-state index in [4.69, 9.17) is 0 Å². The van der Waals surface area contributed by atoms with Crippen LogP contribution in [-0.2, 0) is 12.7 Å². The minimum Gasteiger partial charge on any atom is -0.310 e. The Morgan fingerprint density at radius 2 is 2.10 bits per heavy atom. The molecule has 21 heavy (non-hydrogen) atoms. The molecule has 2 aromatic rings. The van der Waals surface area contributed by atoms with Gasteiger partial charge >= 0.3 is 6.18 Å². The summed E-state index contributed by atoms with van der Waals surface area (Å²) in [6.07, 6.45) is -0.275. The number of hydrogen-bond acceptors (Lipinski definition) is 3. The zero-order chi connectivity index (χ0) is 15.0. The summed E-state index contributed by atoms with van der Waals surface area (Å²) in [6, 6.07) is 2.51. The Labute approximate surface area is 117 Å². The van der Waals surface area contributed by atoms with Gasteiger partial charge in [-0.15, -0.1) is 0 Å². The number of nitrogens with zero attached hydrogens (tertiary/aromatic N) is 3. The first-order valence-electron chi connectivity index (χ1n) is 6.44. The molecule has 3 rings (SSSR count). The molecule has 1 fully saturated rings. The fraction of sp³-hybridized carbons (Fsp3) is 0.385. The van der Waals surface area contributed by atoms with Gasteiger partial charge in [-0.2, -0.15) is 18.3 Å². The minimum absolute atomic E-state index is 0.194. The van der Waals surface area contributed by atoms with Crippen LogP contribution in [0.5, 0.6) is 0 Å². The van der Waals surface area contributed by atoms with Crippen LogP contribution in [0.3, 0.4) is 0 Å². The van der Waals surface area contributed by atoms with Crippen LogP contribution in [0.25, 0.3) is 5.82 Å². The van der Waals surface area contributed by atoms with Crippen molar-refractivity contribution in [3.63, 3.8) is 0 Å².